The molecule has 0 heterocycles. The highest BCUT2D eigenvalue weighted by molar-refractivity contribution is 5.49. The highest BCUT2D eigenvalue weighted by atomic mass is 16.5. The lowest BCUT2D eigenvalue weighted by Gasteiger charge is -2.28. The monoisotopic (exact) mass is 338 g/mol. The van der Waals surface area contributed by atoms with Crippen molar-refractivity contribution in [3.05, 3.63) is 24.3 Å². The van der Waals surface area contributed by atoms with Crippen molar-refractivity contribution in [3.8, 4) is 0 Å². The van der Waals surface area contributed by atoms with E-state index in [1.165, 1.54) is 0 Å². The Balaban J connectivity index is 4.43. The van der Waals surface area contributed by atoms with Gasteiger partial charge in [-0.1, -0.05) is 45.1 Å². The molecule has 0 fully saturated rings. The predicted octanol–water partition coefficient (Wildman–Crippen LogP) is 4.34. The minimum Gasteiger partial charge on any atom is -0.465 e. The summed E-state index contributed by atoms with van der Waals surface area (Å²) in [5, 5.41) is 0. The molecule has 0 aliphatic carbocycles. The van der Waals surface area contributed by atoms with E-state index in [0.717, 1.165) is 19.1 Å². The summed E-state index contributed by atoms with van der Waals surface area (Å²) < 4.78 is 10.3. The van der Waals surface area contributed by atoms with Crippen LogP contribution in [0.5, 0.6) is 0 Å². The van der Waals surface area contributed by atoms with Crippen LogP contribution in [0.4, 0.5) is 0 Å². The normalized spacial score (nSPS) is 18.2. The molecule has 0 aromatic heterocycles. The molecular formula is C20H34O4. The first kappa shape index (κ1) is 22.6. The number of methoxy groups -OCH3 is 1. The standard InChI is InChI=1S/C20H34O4/c1-6-20(23-5)19(12-13-21)14-17(3)16(2)10-8-7-9-11-18(4)24-15-22/h7-10,13,15-20H,6,11-12,14H2,1-5H3/b9-7+,10-8+. The number of hydrogen-bond acceptors (Lipinski definition) is 4. The molecule has 138 valence electrons. The van der Waals surface area contributed by atoms with Crippen LogP contribution in [0.25, 0.3) is 0 Å². The zero-order chi connectivity index (χ0) is 18.4. The van der Waals surface area contributed by atoms with Gasteiger partial charge in [-0.2, -0.15) is 0 Å². The van der Waals surface area contributed by atoms with E-state index in [4.69, 9.17) is 9.47 Å². The zero-order valence-corrected chi connectivity index (χ0v) is 15.8. The van der Waals surface area contributed by atoms with Gasteiger partial charge in [-0.05, 0) is 37.5 Å². The quantitative estimate of drug-likeness (QED) is 0.349. The molecule has 0 amide bonds. The summed E-state index contributed by atoms with van der Waals surface area (Å²) in [5.41, 5.74) is 0. The molecule has 4 heteroatoms. The van der Waals surface area contributed by atoms with Crippen molar-refractivity contribution in [2.75, 3.05) is 7.11 Å². The Labute approximate surface area is 147 Å². The summed E-state index contributed by atoms with van der Waals surface area (Å²) in [4.78, 5) is 21.1. The van der Waals surface area contributed by atoms with Crippen LogP contribution in [-0.4, -0.2) is 32.1 Å². The van der Waals surface area contributed by atoms with Crippen LogP contribution in [0.1, 0.15) is 53.4 Å². The third-order valence-corrected chi connectivity index (χ3v) is 4.62. The van der Waals surface area contributed by atoms with Crippen molar-refractivity contribution in [1.29, 1.82) is 0 Å². The van der Waals surface area contributed by atoms with Gasteiger partial charge >= 0.3 is 0 Å². The summed E-state index contributed by atoms with van der Waals surface area (Å²) in [5.74, 6) is 1.17. The van der Waals surface area contributed by atoms with Gasteiger partial charge in [-0.15, -0.1) is 0 Å². The number of ether oxygens (including phenoxy) is 2. The number of rotatable bonds is 14. The topological polar surface area (TPSA) is 52.6 Å². The van der Waals surface area contributed by atoms with Crippen molar-refractivity contribution in [2.24, 2.45) is 17.8 Å². The average Bonchev–Trinajstić information content (AvgIpc) is 2.55. The molecule has 0 bridgehead atoms. The molecule has 5 atom stereocenters. The molecule has 0 spiro atoms. The minimum absolute atomic E-state index is 0.0902. The summed E-state index contributed by atoms with van der Waals surface area (Å²) in [6.45, 7) is 8.86. The summed E-state index contributed by atoms with van der Waals surface area (Å²) in [6.07, 6.45) is 12.4. The Morgan fingerprint density at radius 2 is 1.75 bits per heavy atom. The second-order valence-corrected chi connectivity index (χ2v) is 6.51. The number of carbonyl (C=O) groups is 2. The fraction of sp³-hybridized carbons (Fsp3) is 0.700. The first-order chi connectivity index (χ1) is 11.5. The van der Waals surface area contributed by atoms with Crippen LogP contribution in [0.15, 0.2) is 24.3 Å². The third-order valence-electron chi connectivity index (χ3n) is 4.62. The van der Waals surface area contributed by atoms with Gasteiger partial charge in [0.05, 0.1) is 6.10 Å². The maximum atomic E-state index is 10.9. The second kappa shape index (κ2) is 14.0. The van der Waals surface area contributed by atoms with Crippen LogP contribution < -0.4 is 0 Å². The molecule has 0 radical (unpaired) electrons. The maximum Gasteiger partial charge on any atom is 0.293 e. The minimum atomic E-state index is -0.0902. The van der Waals surface area contributed by atoms with E-state index in [9.17, 15) is 9.59 Å². The molecule has 0 rings (SSSR count). The molecule has 4 nitrogen and oxygen atoms in total. The van der Waals surface area contributed by atoms with Gasteiger partial charge in [0.1, 0.15) is 12.4 Å². The second-order valence-electron chi connectivity index (χ2n) is 6.51. The fourth-order valence-electron chi connectivity index (χ4n) is 2.84. The number of allylic oxidation sites excluding steroid dienone is 3. The van der Waals surface area contributed by atoms with Gasteiger partial charge in [0.2, 0.25) is 0 Å². The first-order valence-corrected chi connectivity index (χ1v) is 8.88. The van der Waals surface area contributed by atoms with Crippen LogP contribution in [0.2, 0.25) is 0 Å². The fourth-order valence-corrected chi connectivity index (χ4v) is 2.84. The number of carbonyl (C=O) groups excluding carboxylic acids is 2. The van der Waals surface area contributed by atoms with Gasteiger partial charge < -0.3 is 14.3 Å². The summed E-state index contributed by atoms with van der Waals surface area (Å²) >= 11 is 0. The van der Waals surface area contributed by atoms with Crippen molar-refractivity contribution in [1.82, 2.24) is 0 Å². The molecule has 0 aromatic carbocycles. The van der Waals surface area contributed by atoms with Gasteiger partial charge in [0, 0.05) is 20.0 Å². The molecular weight excluding hydrogens is 304 g/mol. The lowest BCUT2D eigenvalue weighted by atomic mass is 9.82. The lowest BCUT2D eigenvalue weighted by molar-refractivity contribution is -0.132. The van der Waals surface area contributed by atoms with Crippen LogP contribution in [-0.2, 0) is 19.1 Å². The van der Waals surface area contributed by atoms with E-state index in [1.807, 2.05) is 25.2 Å². The van der Waals surface area contributed by atoms with E-state index in [-0.39, 0.29) is 18.1 Å². The van der Waals surface area contributed by atoms with Crippen molar-refractivity contribution < 1.29 is 19.1 Å². The Morgan fingerprint density at radius 3 is 2.29 bits per heavy atom. The summed E-state index contributed by atoms with van der Waals surface area (Å²) in [6, 6.07) is 0. The molecule has 0 aliphatic rings. The predicted molar refractivity (Wildman–Crippen MR) is 97.7 cm³/mol. The SMILES string of the molecule is CCC(OC)C(CC=O)CC(C)C(C)/C=C/C=C/CC(C)OC=O. The van der Waals surface area contributed by atoms with Gasteiger partial charge in [0.25, 0.3) is 6.47 Å². The van der Waals surface area contributed by atoms with Crippen LogP contribution in [0.3, 0.4) is 0 Å². The zero-order valence-electron chi connectivity index (χ0n) is 15.8. The highest BCUT2D eigenvalue weighted by Gasteiger charge is 2.23. The highest BCUT2D eigenvalue weighted by Crippen LogP contribution is 2.27. The molecule has 0 saturated carbocycles. The molecule has 24 heavy (non-hydrogen) atoms. The molecule has 5 unspecified atom stereocenters. The van der Waals surface area contributed by atoms with Crippen molar-refractivity contribution in [2.45, 2.75) is 65.6 Å². The van der Waals surface area contributed by atoms with Crippen LogP contribution in [0, 0.1) is 17.8 Å². The first-order valence-electron chi connectivity index (χ1n) is 8.88. The molecule has 0 saturated heterocycles. The van der Waals surface area contributed by atoms with E-state index in [1.54, 1.807) is 7.11 Å². The lowest BCUT2D eigenvalue weighted by Crippen LogP contribution is -2.26. The van der Waals surface area contributed by atoms with Gasteiger partial charge in [-0.3, -0.25) is 4.79 Å². The Bertz CT molecular complexity index is 385. The van der Waals surface area contributed by atoms with Gasteiger partial charge in [0.15, 0.2) is 0 Å². The van der Waals surface area contributed by atoms with E-state index < -0.39 is 0 Å². The Kier molecular flexibility index (Phi) is 13.1. The number of hydrogen-bond donors (Lipinski definition) is 0. The Hall–Kier alpha value is -1.42. The molecule has 0 aromatic rings. The van der Waals surface area contributed by atoms with Gasteiger partial charge in [-0.25, -0.2) is 0 Å². The maximum absolute atomic E-state index is 10.9. The molecule has 0 N–H and O–H groups in total. The number of aldehydes is 1. The Morgan fingerprint density at radius 1 is 1.04 bits per heavy atom. The average molecular weight is 338 g/mol. The molecule has 0 aliphatic heterocycles. The van der Waals surface area contributed by atoms with E-state index in [0.29, 0.717) is 31.1 Å². The third kappa shape index (κ3) is 9.66. The van der Waals surface area contributed by atoms with E-state index >= 15 is 0 Å². The van der Waals surface area contributed by atoms with Crippen molar-refractivity contribution >= 4 is 12.8 Å². The van der Waals surface area contributed by atoms with Crippen LogP contribution >= 0.6 is 0 Å². The smallest absolute Gasteiger partial charge is 0.293 e. The van der Waals surface area contributed by atoms with Crippen molar-refractivity contribution in [3.63, 3.8) is 0 Å². The van der Waals surface area contributed by atoms with E-state index in [2.05, 4.69) is 26.8 Å². The largest absolute Gasteiger partial charge is 0.465 e. The summed E-state index contributed by atoms with van der Waals surface area (Å²) in [7, 11) is 1.72.